The largest absolute Gasteiger partial charge is 0.506 e. The minimum absolute atomic E-state index is 0.0506. The molecule has 0 saturated heterocycles. The van der Waals surface area contributed by atoms with Crippen molar-refractivity contribution in [1.82, 2.24) is 15.1 Å². The van der Waals surface area contributed by atoms with Crippen LogP contribution in [0.1, 0.15) is 18.5 Å². The number of aromatic nitrogens is 2. The van der Waals surface area contributed by atoms with Crippen LogP contribution >= 0.6 is 0 Å². The summed E-state index contributed by atoms with van der Waals surface area (Å²) in [6.07, 6.45) is 2.33. The molecule has 1 aromatic heterocycles. The standard InChI is InChI=1S/C14H15N3O2/c18-13-8-14(19)17(11-4-2-1-3-5-11)16-12(13)9-15-10-6-7-10/h1-5,8,10,15,18H,6-7,9H2. The molecule has 5 heteroatoms. The van der Waals surface area contributed by atoms with Crippen molar-refractivity contribution >= 4 is 0 Å². The van der Waals surface area contributed by atoms with Crippen molar-refractivity contribution in [2.24, 2.45) is 0 Å². The molecule has 0 unspecified atom stereocenters. The maximum Gasteiger partial charge on any atom is 0.275 e. The van der Waals surface area contributed by atoms with E-state index in [9.17, 15) is 9.90 Å². The Hall–Kier alpha value is -2.14. The molecule has 1 aliphatic carbocycles. The van der Waals surface area contributed by atoms with Crippen molar-refractivity contribution in [3.8, 4) is 11.4 Å². The van der Waals surface area contributed by atoms with E-state index in [2.05, 4.69) is 10.4 Å². The van der Waals surface area contributed by atoms with Crippen LogP contribution in [-0.4, -0.2) is 20.9 Å². The quantitative estimate of drug-likeness (QED) is 0.863. The monoisotopic (exact) mass is 257 g/mol. The van der Waals surface area contributed by atoms with Crippen molar-refractivity contribution in [2.75, 3.05) is 0 Å². The molecule has 0 amide bonds. The van der Waals surface area contributed by atoms with Crippen molar-refractivity contribution in [3.05, 3.63) is 52.4 Å². The van der Waals surface area contributed by atoms with Gasteiger partial charge in [-0.1, -0.05) is 18.2 Å². The molecular weight excluding hydrogens is 242 g/mol. The molecule has 5 nitrogen and oxygen atoms in total. The number of hydrogen-bond donors (Lipinski definition) is 2. The van der Waals surface area contributed by atoms with E-state index in [1.807, 2.05) is 30.3 Å². The zero-order chi connectivity index (χ0) is 13.2. The smallest absolute Gasteiger partial charge is 0.275 e. The first-order valence-electron chi connectivity index (χ1n) is 6.35. The van der Waals surface area contributed by atoms with Gasteiger partial charge in [0, 0.05) is 18.7 Å². The van der Waals surface area contributed by atoms with E-state index in [0.29, 0.717) is 24.0 Å². The number of nitrogens with one attached hydrogen (secondary N) is 1. The first kappa shape index (κ1) is 11.9. The number of benzene rings is 1. The molecule has 0 bridgehead atoms. The highest BCUT2D eigenvalue weighted by molar-refractivity contribution is 5.32. The molecule has 1 aromatic carbocycles. The van der Waals surface area contributed by atoms with Crippen molar-refractivity contribution < 1.29 is 5.11 Å². The van der Waals surface area contributed by atoms with E-state index >= 15 is 0 Å². The summed E-state index contributed by atoms with van der Waals surface area (Å²) in [7, 11) is 0. The van der Waals surface area contributed by atoms with Gasteiger partial charge >= 0.3 is 0 Å². The van der Waals surface area contributed by atoms with E-state index < -0.39 is 0 Å². The van der Waals surface area contributed by atoms with Crippen LogP contribution in [0.2, 0.25) is 0 Å². The van der Waals surface area contributed by atoms with Gasteiger partial charge in [-0.15, -0.1) is 0 Å². The molecule has 1 heterocycles. The number of nitrogens with zero attached hydrogens (tertiary/aromatic N) is 2. The van der Waals surface area contributed by atoms with Gasteiger partial charge in [-0.05, 0) is 25.0 Å². The summed E-state index contributed by atoms with van der Waals surface area (Å²) in [5.41, 5.74) is 0.856. The number of aromatic hydroxyl groups is 1. The Kier molecular flexibility index (Phi) is 3.05. The van der Waals surface area contributed by atoms with E-state index in [1.54, 1.807) is 0 Å². The SMILES string of the molecule is O=c1cc(O)c(CNC2CC2)nn1-c1ccccc1. The topological polar surface area (TPSA) is 67.2 Å². The molecule has 2 N–H and O–H groups in total. The van der Waals surface area contributed by atoms with Gasteiger partial charge in [0.25, 0.3) is 5.56 Å². The molecular formula is C14H15N3O2. The van der Waals surface area contributed by atoms with Crippen LogP contribution in [0.4, 0.5) is 0 Å². The van der Waals surface area contributed by atoms with E-state index in [1.165, 1.54) is 23.6 Å². The Morgan fingerprint density at radius 2 is 2.05 bits per heavy atom. The van der Waals surface area contributed by atoms with E-state index in [-0.39, 0.29) is 11.3 Å². The molecule has 1 saturated carbocycles. The van der Waals surface area contributed by atoms with Crippen LogP contribution in [0.15, 0.2) is 41.2 Å². The van der Waals surface area contributed by atoms with Crippen LogP contribution < -0.4 is 10.9 Å². The van der Waals surface area contributed by atoms with Gasteiger partial charge in [-0.25, -0.2) is 0 Å². The lowest BCUT2D eigenvalue weighted by Crippen LogP contribution is -2.24. The summed E-state index contributed by atoms with van der Waals surface area (Å²) in [5.74, 6) is -0.0506. The Morgan fingerprint density at radius 3 is 2.74 bits per heavy atom. The van der Waals surface area contributed by atoms with Crippen LogP contribution in [0.25, 0.3) is 5.69 Å². The lowest BCUT2D eigenvalue weighted by atomic mass is 10.3. The summed E-state index contributed by atoms with van der Waals surface area (Å²) in [5, 5.41) is 17.3. The summed E-state index contributed by atoms with van der Waals surface area (Å²) in [6, 6.07) is 10.9. The van der Waals surface area contributed by atoms with Gasteiger partial charge < -0.3 is 10.4 Å². The van der Waals surface area contributed by atoms with Gasteiger partial charge in [0.1, 0.15) is 11.4 Å². The molecule has 3 rings (SSSR count). The second kappa shape index (κ2) is 4.85. The molecule has 0 spiro atoms. The first-order valence-corrected chi connectivity index (χ1v) is 6.35. The summed E-state index contributed by atoms with van der Waals surface area (Å²) >= 11 is 0. The zero-order valence-electron chi connectivity index (χ0n) is 10.4. The average Bonchev–Trinajstić information content (AvgIpc) is 3.23. The van der Waals surface area contributed by atoms with Crippen molar-refractivity contribution in [2.45, 2.75) is 25.4 Å². The first-order chi connectivity index (χ1) is 9.24. The Bertz CT molecular complexity index is 633. The second-order valence-corrected chi connectivity index (χ2v) is 4.72. The molecule has 19 heavy (non-hydrogen) atoms. The maximum atomic E-state index is 11.9. The fraction of sp³-hybridized carbons (Fsp3) is 0.286. The third kappa shape index (κ3) is 2.66. The molecule has 0 radical (unpaired) electrons. The Morgan fingerprint density at radius 1 is 1.32 bits per heavy atom. The fourth-order valence-electron chi connectivity index (χ4n) is 1.89. The van der Waals surface area contributed by atoms with E-state index in [0.717, 1.165) is 0 Å². The maximum absolute atomic E-state index is 11.9. The normalized spacial score (nSPS) is 14.5. The molecule has 98 valence electrons. The van der Waals surface area contributed by atoms with E-state index in [4.69, 9.17) is 0 Å². The molecule has 1 aliphatic rings. The lowest BCUT2D eigenvalue weighted by molar-refractivity contribution is 0.451. The predicted octanol–water partition coefficient (Wildman–Crippen LogP) is 1.19. The van der Waals surface area contributed by atoms with Crippen LogP contribution in [0.5, 0.6) is 5.75 Å². The highest BCUT2D eigenvalue weighted by Crippen LogP contribution is 2.20. The summed E-state index contributed by atoms with van der Waals surface area (Å²) in [6.45, 7) is 0.476. The minimum atomic E-state index is -0.334. The number of hydrogen-bond acceptors (Lipinski definition) is 4. The van der Waals surface area contributed by atoms with Gasteiger partial charge in [-0.3, -0.25) is 4.79 Å². The minimum Gasteiger partial charge on any atom is -0.506 e. The van der Waals surface area contributed by atoms with Crippen molar-refractivity contribution in [1.29, 1.82) is 0 Å². The molecule has 0 aliphatic heterocycles. The van der Waals surface area contributed by atoms with Crippen LogP contribution in [-0.2, 0) is 6.54 Å². The lowest BCUT2D eigenvalue weighted by Gasteiger charge is -2.09. The number of rotatable bonds is 4. The van der Waals surface area contributed by atoms with Crippen molar-refractivity contribution in [3.63, 3.8) is 0 Å². The Labute approximate surface area is 110 Å². The molecule has 0 atom stereocenters. The van der Waals surface area contributed by atoms with Gasteiger partial charge in [0.05, 0.1) is 5.69 Å². The zero-order valence-corrected chi connectivity index (χ0v) is 10.4. The van der Waals surface area contributed by atoms with Crippen LogP contribution in [0, 0.1) is 0 Å². The predicted molar refractivity (Wildman–Crippen MR) is 71.4 cm³/mol. The summed E-state index contributed by atoms with van der Waals surface area (Å²) < 4.78 is 1.31. The fourth-order valence-corrected chi connectivity index (χ4v) is 1.89. The van der Waals surface area contributed by atoms with Gasteiger partial charge in [0.15, 0.2) is 0 Å². The molecule has 1 fully saturated rings. The summed E-state index contributed by atoms with van der Waals surface area (Å²) in [4.78, 5) is 11.9. The second-order valence-electron chi connectivity index (χ2n) is 4.72. The van der Waals surface area contributed by atoms with Gasteiger partial charge in [0.2, 0.25) is 0 Å². The number of para-hydroxylation sites is 1. The molecule has 2 aromatic rings. The van der Waals surface area contributed by atoms with Gasteiger partial charge in [-0.2, -0.15) is 9.78 Å². The van der Waals surface area contributed by atoms with Crippen LogP contribution in [0.3, 0.4) is 0 Å². The highest BCUT2D eigenvalue weighted by Gasteiger charge is 2.21. The third-order valence-corrected chi connectivity index (χ3v) is 3.12. The average molecular weight is 257 g/mol. The highest BCUT2D eigenvalue weighted by atomic mass is 16.3. The third-order valence-electron chi connectivity index (χ3n) is 3.12. The Balaban J connectivity index is 1.95.